The maximum atomic E-state index is 6.06. The zero-order valence-electron chi connectivity index (χ0n) is 10.0. The molecule has 1 fully saturated rings. The van der Waals surface area contributed by atoms with Crippen LogP contribution >= 0.6 is 11.6 Å². The Kier molecular flexibility index (Phi) is 3.88. The summed E-state index contributed by atoms with van der Waals surface area (Å²) in [5.74, 6) is 1.39. The molecule has 2 heteroatoms. The van der Waals surface area contributed by atoms with Crippen molar-refractivity contribution in [2.24, 2.45) is 5.92 Å². The second-order valence-electron chi connectivity index (χ2n) is 5.14. The highest BCUT2D eigenvalue weighted by Crippen LogP contribution is 2.32. The minimum absolute atomic E-state index is 0.624. The van der Waals surface area contributed by atoms with Gasteiger partial charge in [-0.3, -0.25) is 0 Å². The average Bonchev–Trinajstić information content (AvgIpc) is 2.65. The summed E-state index contributed by atoms with van der Waals surface area (Å²) >= 11 is 6.06. The molecule has 0 aliphatic carbocycles. The molecule has 0 radical (unpaired) electrons. The van der Waals surface area contributed by atoms with Gasteiger partial charge in [0.15, 0.2) is 0 Å². The Balaban J connectivity index is 2.13. The lowest BCUT2D eigenvalue weighted by molar-refractivity contribution is 0.434. The highest BCUT2D eigenvalue weighted by Gasteiger charge is 2.28. The lowest BCUT2D eigenvalue weighted by Gasteiger charge is -2.21. The van der Waals surface area contributed by atoms with E-state index in [2.05, 4.69) is 37.4 Å². The molecule has 1 aliphatic heterocycles. The maximum Gasteiger partial charge on any atom is 0.0408 e. The van der Waals surface area contributed by atoms with Crippen molar-refractivity contribution < 1.29 is 0 Å². The van der Waals surface area contributed by atoms with Crippen LogP contribution in [0.25, 0.3) is 0 Å². The first-order valence-corrected chi connectivity index (χ1v) is 6.53. The molecule has 2 rings (SSSR count). The molecule has 2 atom stereocenters. The Morgan fingerprint density at radius 3 is 2.94 bits per heavy atom. The van der Waals surface area contributed by atoms with Crippen molar-refractivity contribution in [2.45, 2.75) is 38.6 Å². The summed E-state index contributed by atoms with van der Waals surface area (Å²) in [4.78, 5) is 0. The molecule has 1 N–H and O–H groups in total. The predicted octanol–water partition coefficient (Wildman–Crippen LogP) is 3.83. The van der Waals surface area contributed by atoms with Crippen LogP contribution in [0.5, 0.6) is 0 Å². The minimum Gasteiger partial charge on any atom is -0.313 e. The molecule has 0 aromatic heterocycles. The SMILES string of the molecule is CC(C)CC1NCCC1c1cccc(Cl)c1. The van der Waals surface area contributed by atoms with Gasteiger partial charge in [0.1, 0.15) is 0 Å². The summed E-state index contributed by atoms with van der Waals surface area (Å²) in [6.45, 7) is 5.71. The van der Waals surface area contributed by atoms with Crippen LogP contribution in [0.15, 0.2) is 24.3 Å². The Morgan fingerprint density at radius 1 is 1.44 bits per heavy atom. The molecule has 1 nitrogen and oxygen atoms in total. The molecular formula is C14H20ClN. The van der Waals surface area contributed by atoms with Gasteiger partial charge in [0.2, 0.25) is 0 Å². The molecule has 0 spiro atoms. The third kappa shape index (κ3) is 2.78. The van der Waals surface area contributed by atoms with Crippen LogP contribution in [0.3, 0.4) is 0 Å². The molecule has 1 saturated heterocycles. The molecule has 1 heterocycles. The molecule has 0 saturated carbocycles. The first kappa shape index (κ1) is 11.9. The average molecular weight is 238 g/mol. The lowest BCUT2D eigenvalue weighted by atomic mass is 9.87. The van der Waals surface area contributed by atoms with E-state index >= 15 is 0 Å². The van der Waals surface area contributed by atoms with Crippen LogP contribution in [0.4, 0.5) is 0 Å². The van der Waals surface area contributed by atoms with Crippen LogP contribution < -0.4 is 5.32 Å². The summed E-state index contributed by atoms with van der Waals surface area (Å²) in [6, 6.07) is 8.95. The van der Waals surface area contributed by atoms with Crippen LogP contribution in [-0.2, 0) is 0 Å². The van der Waals surface area contributed by atoms with Gasteiger partial charge in [0.05, 0.1) is 0 Å². The van der Waals surface area contributed by atoms with Gasteiger partial charge in [-0.25, -0.2) is 0 Å². The van der Waals surface area contributed by atoms with E-state index in [0.717, 1.165) is 17.5 Å². The largest absolute Gasteiger partial charge is 0.313 e. The van der Waals surface area contributed by atoms with Crippen LogP contribution in [0, 0.1) is 5.92 Å². The van der Waals surface area contributed by atoms with Crippen molar-refractivity contribution in [3.63, 3.8) is 0 Å². The van der Waals surface area contributed by atoms with E-state index in [9.17, 15) is 0 Å². The van der Waals surface area contributed by atoms with Crippen LogP contribution in [0.1, 0.15) is 38.2 Å². The number of hydrogen-bond donors (Lipinski definition) is 1. The zero-order valence-corrected chi connectivity index (χ0v) is 10.8. The summed E-state index contributed by atoms with van der Waals surface area (Å²) in [5.41, 5.74) is 1.39. The zero-order chi connectivity index (χ0) is 11.5. The van der Waals surface area contributed by atoms with E-state index in [1.807, 2.05) is 6.07 Å². The highest BCUT2D eigenvalue weighted by molar-refractivity contribution is 6.30. The Morgan fingerprint density at radius 2 is 2.25 bits per heavy atom. The molecule has 1 aromatic rings. The van der Waals surface area contributed by atoms with Gasteiger partial charge in [-0.15, -0.1) is 0 Å². The second-order valence-corrected chi connectivity index (χ2v) is 5.58. The number of rotatable bonds is 3. The third-order valence-electron chi connectivity index (χ3n) is 3.35. The normalized spacial score (nSPS) is 25.2. The molecule has 1 aliphatic rings. The summed E-state index contributed by atoms with van der Waals surface area (Å²) in [7, 11) is 0. The van der Waals surface area contributed by atoms with Crippen molar-refractivity contribution in [3.05, 3.63) is 34.9 Å². The van der Waals surface area contributed by atoms with Crippen molar-refractivity contribution in [1.82, 2.24) is 5.32 Å². The minimum atomic E-state index is 0.624. The smallest absolute Gasteiger partial charge is 0.0408 e. The number of benzene rings is 1. The Hall–Kier alpha value is -0.530. The predicted molar refractivity (Wildman–Crippen MR) is 70.1 cm³/mol. The van der Waals surface area contributed by atoms with E-state index in [-0.39, 0.29) is 0 Å². The molecule has 88 valence electrons. The maximum absolute atomic E-state index is 6.06. The van der Waals surface area contributed by atoms with E-state index in [0.29, 0.717) is 12.0 Å². The molecular weight excluding hydrogens is 218 g/mol. The first-order valence-electron chi connectivity index (χ1n) is 6.15. The van der Waals surface area contributed by atoms with Crippen LogP contribution in [-0.4, -0.2) is 12.6 Å². The quantitative estimate of drug-likeness (QED) is 0.843. The fourth-order valence-corrected chi connectivity index (χ4v) is 2.86. The van der Waals surface area contributed by atoms with Gasteiger partial charge in [-0.2, -0.15) is 0 Å². The molecule has 2 unspecified atom stereocenters. The second kappa shape index (κ2) is 5.20. The van der Waals surface area contributed by atoms with Crippen LogP contribution in [0.2, 0.25) is 5.02 Å². The summed E-state index contributed by atoms with van der Waals surface area (Å²) < 4.78 is 0. The summed E-state index contributed by atoms with van der Waals surface area (Å²) in [5, 5.41) is 4.47. The van der Waals surface area contributed by atoms with Gasteiger partial charge >= 0.3 is 0 Å². The molecule has 0 amide bonds. The van der Waals surface area contributed by atoms with E-state index < -0.39 is 0 Å². The fourth-order valence-electron chi connectivity index (χ4n) is 2.66. The Bertz CT molecular complexity index is 348. The lowest BCUT2D eigenvalue weighted by Crippen LogP contribution is -2.27. The van der Waals surface area contributed by atoms with Crippen molar-refractivity contribution in [1.29, 1.82) is 0 Å². The van der Waals surface area contributed by atoms with Crippen molar-refractivity contribution >= 4 is 11.6 Å². The highest BCUT2D eigenvalue weighted by atomic mass is 35.5. The molecule has 0 bridgehead atoms. The third-order valence-corrected chi connectivity index (χ3v) is 3.58. The van der Waals surface area contributed by atoms with Gasteiger partial charge in [-0.1, -0.05) is 37.6 Å². The van der Waals surface area contributed by atoms with E-state index in [4.69, 9.17) is 11.6 Å². The standard InChI is InChI=1S/C14H20ClN/c1-10(2)8-14-13(6-7-16-14)11-4-3-5-12(15)9-11/h3-5,9-10,13-14,16H,6-8H2,1-2H3. The van der Waals surface area contributed by atoms with Gasteiger partial charge in [0.25, 0.3) is 0 Å². The number of hydrogen-bond acceptors (Lipinski definition) is 1. The Labute approximate surface area is 103 Å². The van der Waals surface area contributed by atoms with Crippen molar-refractivity contribution in [2.75, 3.05) is 6.54 Å². The van der Waals surface area contributed by atoms with Crippen molar-refractivity contribution in [3.8, 4) is 0 Å². The number of nitrogens with one attached hydrogen (secondary N) is 1. The number of halogens is 1. The summed E-state index contributed by atoms with van der Waals surface area (Å²) in [6.07, 6.45) is 2.48. The van der Waals surface area contributed by atoms with Gasteiger partial charge in [-0.05, 0) is 43.0 Å². The molecule has 1 aromatic carbocycles. The van der Waals surface area contributed by atoms with E-state index in [1.165, 1.54) is 18.4 Å². The van der Waals surface area contributed by atoms with Gasteiger partial charge in [0, 0.05) is 17.0 Å². The monoisotopic (exact) mass is 237 g/mol. The topological polar surface area (TPSA) is 12.0 Å². The van der Waals surface area contributed by atoms with E-state index in [1.54, 1.807) is 0 Å². The fraction of sp³-hybridized carbons (Fsp3) is 0.571. The molecule has 16 heavy (non-hydrogen) atoms. The first-order chi connectivity index (χ1) is 7.66. The van der Waals surface area contributed by atoms with Gasteiger partial charge < -0.3 is 5.32 Å².